The molecule has 0 amide bonds. The van der Waals surface area contributed by atoms with E-state index in [0.717, 1.165) is 0 Å². The molecule has 0 spiro atoms. The molecule has 0 saturated heterocycles. The van der Waals surface area contributed by atoms with E-state index in [1.807, 2.05) is 24.3 Å². The van der Waals surface area contributed by atoms with Crippen LogP contribution in [0.5, 0.6) is 11.5 Å². The van der Waals surface area contributed by atoms with Crippen LogP contribution in [0.25, 0.3) is 22.8 Å². The molecule has 0 unspecified atom stereocenters. The van der Waals surface area contributed by atoms with E-state index in [0.29, 0.717) is 39.4 Å². The minimum atomic E-state index is 0.309. The first-order valence-corrected chi connectivity index (χ1v) is 6.92. The van der Waals surface area contributed by atoms with Gasteiger partial charge in [0.2, 0.25) is 5.82 Å². The SMILES string of the molecule is COc1cccc(OC)c1-c1nc(-c2ccccc2Cl)no1. The van der Waals surface area contributed by atoms with Crippen molar-refractivity contribution in [2.75, 3.05) is 14.2 Å². The summed E-state index contributed by atoms with van der Waals surface area (Å²) in [5.74, 6) is 1.90. The van der Waals surface area contributed by atoms with Crippen LogP contribution in [0.4, 0.5) is 0 Å². The molecule has 6 heteroatoms. The van der Waals surface area contributed by atoms with E-state index < -0.39 is 0 Å². The third-order valence-corrected chi connectivity index (χ3v) is 3.51. The first kappa shape index (κ1) is 14.4. The lowest BCUT2D eigenvalue weighted by atomic mass is 10.1. The lowest BCUT2D eigenvalue weighted by molar-refractivity contribution is 0.386. The van der Waals surface area contributed by atoms with Gasteiger partial charge in [0, 0.05) is 5.56 Å². The van der Waals surface area contributed by atoms with Crippen molar-refractivity contribution in [2.45, 2.75) is 0 Å². The van der Waals surface area contributed by atoms with Gasteiger partial charge in [-0.25, -0.2) is 0 Å². The fourth-order valence-corrected chi connectivity index (χ4v) is 2.36. The Morgan fingerprint density at radius 3 is 2.27 bits per heavy atom. The van der Waals surface area contributed by atoms with Crippen molar-refractivity contribution in [1.82, 2.24) is 10.1 Å². The van der Waals surface area contributed by atoms with Crippen LogP contribution in [0, 0.1) is 0 Å². The molecule has 1 heterocycles. The maximum Gasteiger partial charge on any atom is 0.265 e. The molecule has 0 aliphatic rings. The predicted molar refractivity (Wildman–Crippen MR) is 83.3 cm³/mol. The summed E-state index contributed by atoms with van der Waals surface area (Å²) >= 11 is 6.16. The van der Waals surface area contributed by atoms with E-state index in [-0.39, 0.29) is 0 Å². The van der Waals surface area contributed by atoms with Crippen LogP contribution in [-0.4, -0.2) is 24.4 Å². The fraction of sp³-hybridized carbons (Fsp3) is 0.125. The molecule has 0 aliphatic carbocycles. The summed E-state index contributed by atoms with van der Waals surface area (Å²) < 4.78 is 16.1. The second kappa shape index (κ2) is 6.07. The van der Waals surface area contributed by atoms with Crippen molar-refractivity contribution in [2.24, 2.45) is 0 Å². The number of rotatable bonds is 4. The molecule has 0 atom stereocenters. The maximum absolute atomic E-state index is 6.16. The Bertz CT molecular complexity index is 779. The molecule has 5 nitrogen and oxygen atoms in total. The Morgan fingerprint density at radius 1 is 0.955 bits per heavy atom. The fourth-order valence-electron chi connectivity index (χ4n) is 2.14. The molecule has 0 bridgehead atoms. The highest BCUT2D eigenvalue weighted by atomic mass is 35.5. The zero-order valence-electron chi connectivity index (χ0n) is 12.0. The van der Waals surface area contributed by atoms with Gasteiger partial charge >= 0.3 is 0 Å². The zero-order chi connectivity index (χ0) is 15.5. The second-order valence-corrected chi connectivity index (χ2v) is 4.85. The van der Waals surface area contributed by atoms with E-state index in [1.54, 1.807) is 32.4 Å². The Morgan fingerprint density at radius 2 is 1.64 bits per heavy atom. The average Bonchev–Trinajstić information content (AvgIpc) is 3.03. The first-order valence-electron chi connectivity index (χ1n) is 6.54. The van der Waals surface area contributed by atoms with Crippen molar-refractivity contribution in [1.29, 1.82) is 0 Å². The van der Waals surface area contributed by atoms with Gasteiger partial charge in [-0.15, -0.1) is 0 Å². The number of methoxy groups -OCH3 is 2. The monoisotopic (exact) mass is 316 g/mol. The van der Waals surface area contributed by atoms with Gasteiger partial charge in [-0.2, -0.15) is 4.98 Å². The summed E-state index contributed by atoms with van der Waals surface area (Å²) in [6, 6.07) is 12.7. The largest absolute Gasteiger partial charge is 0.496 e. The number of benzene rings is 2. The number of hydrogen-bond donors (Lipinski definition) is 0. The van der Waals surface area contributed by atoms with Gasteiger partial charge in [-0.05, 0) is 24.3 Å². The summed E-state index contributed by atoms with van der Waals surface area (Å²) in [6.07, 6.45) is 0. The molecule has 0 saturated carbocycles. The molecule has 0 radical (unpaired) electrons. The van der Waals surface area contributed by atoms with Crippen molar-refractivity contribution in [3.05, 3.63) is 47.5 Å². The van der Waals surface area contributed by atoms with Gasteiger partial charge in [0.15, 0.2) is 0 Å². The van der Waals surface area contributed by atoms with E-state index in [1.165, 1.54) is 0 Å². The average molecular weight is 317 g/mol. The molecular formula is C16H13ClN2O3. The van der Waals surface area contributed by atoms with Gasteiger partial charge in [0.1, 0.15) is 17.1 Å². The van der Waals surface area contributed by atoms with E-state index in [4.69, 9.17) is 25.6 Å². The normalized spacial score (nSPS) is 10.5. The number of hydrogen-bond acceptors (Lipinski definition) is 5. The molecule has 3 rings (SSSR count). The summed E-state index contributed by atoms with van der Waals surface area (Å²) in [7, 11) is 3.15. The lowest BCUT2D eigenvalue weighted by Gasteiger charge is -2.09. The van der Waals surface area contributed by atoms with Gasteiger partial charge in [-0.3, -0.25) is 0 Å². The quantitative estimate of drug-likeness (QED) is 0.726. The van der Waals surface area contributed by atoms with E-state index in [2.05, 4.69) is 10.1 Å². The topological polar surface area (TPSA) is 57.4 Å². The number of aromatic nitrogens is 2. The second-order valence-electron chi connectivity index (χ2n) is 4.44. The Balaban J connectivity index is 2.11. The van der Waals surface area contributed by atoms with Crippen LogP contribution in [0.3, 0.4) is 0 Å². The minimum absolute atomic E-state index is 0.309. The maximum atomic E-state index is 6.16. The highest BCUT2D eigenvalue weighted by Gasteiger charge is 2.20. The van der Waals surface area contributed by atoms with Crippen molar-refractivity contribution < 1.29 is 14.0 Å². The number of ether oxygens (including phenoxy) is 2. The molecule has 112 valence electrons. The molecular weight excluding hydrogens is 304 g/mol. The molecule has 0 N–H and O–H groups in total. The highest BCUT2D eigenvalue weighted by molar-refractivity contribution is 6.33. The van der Waals surface area contributed by atoms with Crippen LogP contribution in [-0.2, 0) is 0 Å². The first-order chi connectivity index (χ1) is 10.7. The molecule has 0 fully saturated rings. The predicted octanol–water partition coefficient (Wildman–Crippen LogP) is 4.07. The van der Waals surface area contributed by atoms with Crippen molar-refractivity contribution >= 4 is 11.6 Å². The van der Waals surface area contributed by atoms with Crippen molar-refractivity contribution in [3.63, 3.8) is 0 Å². The van der Waals surface area contributed by atoms with Crippen LogP contribution in [0.1, 0.15) is 0 Å². The van der Waals surface area contributed by atoms with E-state index >= 15 is 0 Å². The highest BCUT2D eigenvalue weighted by Crippen LogP contribution is 2.38. The third kappa shape index (κ3) is 2.51. The summed E-state index contributed by atoms with van der Waals surface area (Å²) in [5, 5.41) is 4.55. The van der Waals surface area contributed by atoms with E-state index in [9.17, 15) is 0 Å². The smallest absolute Gasteiger partial charge is 0.265 e. The van der Waals surface area contributed by atoms with Crippen LogP contribution in [0.15, 0.2) is 47.0 Å². The summed E-state index contributed by atoms with van der Waals surface area (Å²) in [6.45, 7) is 0. The van der Waals surface area contributed by atoms with Crippen molar-refractivity contribution in [3.8, 4) is 34.3 Å². The van der Waals surface area contributed by atoms with Gasteiger partial charge in [0.25, 0.3) is 5.89 Å². The Labute approximate surface area is 132 Å². The standard InChI is InChI=1S/C16H13ClN2O3/c1-20-12-8-5-9-13(21-2)14(12)16-18-15(19-22-16)10-6-3-4-7-11(10)17/h3-9H,1-2H3. The number of halogens is 1. The van der Waals surface area contributed by atoms with Gasteiger partial charge < -0.3 is 14.0 Å². The lowest BCUT2D eigenvalue weighted by Crippen LogP contribution is -1.93. The molecule has 2 aromatic carbocycles. The van der Waals surface area contributed by atoms with Gasteiger partial charge in [0.05, 0.1) is 19.2 Å². The minimum Gasteiger partial charge on any atom is -0.496 e. The molecule has 3 aromatic rings. The molecule has 0 aliphatic heterocycles. The molecule has 22 heavy (non-hydrogen) atoms. The zero-order valence-corrected chi connectivity index (χ0v) is 12.8. The summed E-state index contributed by atoms with van der Waals surface area (Å²) in [5.41, 5.74) is 1.31. The Kier molecular flexibility index (Phi) is 3.98. The Hall–Kier alpha value is -2.53. The number of nitrogens with zero attached hydrogens (tertiary/aromatic N) is 2. The molecule has 1 aromatic heterocycles. The third-order valence-electron chi connectivity index (χ3n) is 3.18. The summed E-state index contributed by atoms with van der Waals surface area (Å²) in [4.78, 5) is 4.41. The van der Waals surface area contributed by atoms with Crippen LogP contribution < -0.4 is 9.47 Å². The van der Waals surface area contributed by atoms with Crippen LogP contribution in [0.2, 0.25) is 5.02 Å². The van der Waals surface area contributed by atoms with Crippen LogP contribution >= 0.6 is 11.6 Å². The van der Waals surface area contributed by atoms with Gasteiger partial charge in [-0.1, -0.05) is 35.0 Å².